The van der Waals surface area contributed by atoms with Gasteiger partial charge in [0, 0.05) is 23.2 Å². The summed E-state index contributed by atoms with van der Waals surface area (Å²) in [5, 5.41) is 4.04. The van der Waals surface area contributed by atoms with Crippen LogP contribution in [-0.4, -0.2) is 40.4 Å². The maximum Gasteiger partial charge on any atom is 0.324 e. The van der Waals surface area contributed by atoms with Crippen LogP contribution < -0.4 is 5.32 Å². The molecule has 0 amide bonds. The summed E-state index contributed by atoms with van der Waals surface area (Å²) in [6.07, 6.45) is 2.28. The molecule has 0 bridgehead atoms. The van der Waals surface area contributed by atoms with Gasteiger partial charge in [0.05, 0.1) is 6.61 Å². The molecular weight excluding hydrogens is 274 g/mol. The Hall–Kier alpha value is -1.14. The average molecular weight is 295 g/mol. The van der Waals surface area contributed by atoms with Gasteiger partial charge in [0.1, 0.15) is 6.04 Å². The van der Waals surface area contributed by atoms with Crippen molar-refractivity contribution in [1.29, 1.82) is 0 Å². The van der Waals surface area contributed by atoms with E-state index in [1.54, 1.807) is 0 Å². The van der Waals surface area contributed by atoms with Crippen molar-refractivity contribution in [2.45, 2.75) is 50.9 Å². The number of nitrogens with zero attached hydrogens (tertiary/aromatic N) is 2. The molecular formula is C14H21N3O2S. The summed E-state index contributed by atoms with van der Waals surface area (Å²) in [5.41, 5.74) is 1.89. The monoisotopic (exact) mass is 295 g/mol. The van der Waals surface area contributed by atoms with E-state index in [-0.39, 0.29) is 12.0 Å². The van der Waals surface area contributed by atoms with Gasteiger partial charge in [-0.1, -0.05) is 11.8 Å². The molecule has 5 nitrogen and oxygen atoms in total. The van der Waals surface area contributed by atoms with Crippen molar-refractivity contribution in [3.05, 3.63) is 17.5 Å². The minimum atomic E-state index is -0.281. The lowest BCUT2D eigenvalue weighted by Crippen LogP contribution is -2.41. The summed E-state index contributed by atoms with van der Waals surface area (Å²) in [4.78, 5) is 20.7. The van der Waals surface area contributed by atoms with Gasteiger partial charge in [-0.25, -0.2) is 9.97 Å². The molecule has 2 rings (SSSR count). The van der Waals surface area contributed by atoms with E-state index in [9.17, 15) is 4.79 Å². The van der Waals surface area contributed by atoms with Gasteiger partial charge < -0.3 is 10.1 Å². The minimum Gasteiger partial charge on any atom is -0.465 e. The second-order valence-corrected chi connectivity index (χ2v) is 5.98. The molecule has 110 valence electrons. The molecule has 1 atom stereocenters. The van der Waals surface area contributed by atoms with Crippen LogP contribution >= 0.6 is 11.8 Å². The number of rotatable bonds is 7. The highest BCUT2D eigenvalue weighted by atomic mass is 32.2. The smallest absolute Gasteiger partial charge is 0.324 e. The van der Waals surface area contributed by atoms with E-state index in [2.05, 4.69) is 15.3 Å². The Morgan fingerprint density at radius 3 is 2.65 bits per heavy atom. The quantitative estimate of drug-likeness (QED) is 0.471. The molecule has 0 aromatic carbocycles. The van der Waals surface area contributed by atoms with Crippen molar-refractivity contribution in [2.75, 3.05) is 12.4 Å². The summed E-state index contributed by atoms with van der Waals surface area (Å²) in [5.74, 6) is 0.411. The number of aryl methyl sites for hydroxylation is 2. The van der Waals surface area contributed by atoms with E-state index in [0.29, 0.717) is 18.4 Å². The topological polar surface area (TPSA) is 64.1 Å². The van der Waals surface area contributed by atoms with Gasteiger partial charge in [-0.2, -0.15) is 0 Å². The maximum absolute atomic E-state index is 11.9. The third-order valence-corrected chi connectivity index (χ3v) is 3.87. The molecule has 0 saturated heterocycles. The highest BCUT2D eigenvalue weighted by Gasteiger charge is 2.29. The first-order valence-electron chi connectivity index (χ1n) is 6.96. The molecule has 0 spiro atoms. The fraction of sp³-hybridized carbons (Fsp3) is 0.643. The van der Waals surface area contributed by atoms with E-state index >= 15 is 0 Å². The molecule has 6 heteroatoms. The third-order valence-electron chi connectivity index (χ3n) is 2.93. The molecule has 0 aliphatic heterocycles. The van der Waals surface area contributed by atoms with E-state index in [4.69, 9.17) is 4.74 Å². The number of nitrogens with one attached hydrogen (secondary N) is 1. The third kappa shape index (κ3) is 4.76. The second-order valence-electron chi connectivity index (χ2n) is 4.99. The number of carbonyl (C=O) groups is 1. The molecule has 1 saturated carbocycles. The molecule has 1 N–H and O–H groups in total. The van der Waals surface area contributed by atoms with Gasteiger partial charge in [0.25, 0.3) is 0 Å². The summed E-state index contributed by atoms with van der Waals surface area (Å²) >= 11 is 1.50. The lowest BCUT2D eigenvalue weighted by Gasteiger charge is -2.16. The van der Waals surface area contributed by atoms with Crippen molar-refractivity contribution in [3.8, 4) is 0 Å². The van der Waals surface area contributed by atoms with Crippen LogP contribution in [0.2, 0.25) is 0 Å². The fourth-order valence-corrected chi connectivity index (χ4v) is 2.84. The van der Waals surface area contributed by atoms with Crippen LogP contribution in [0.25, 0.3) is 0 Å². The molecule has 1 aliphatic rings. The van der Waals surface area contributed by atoms with Crippen LogP contribution in [0.1, 0.15) is 31.2 Å². The Balaban J connectivity index is 1.94. The Morgan fingerprint density at radius 2 is 2.10 bits per heavy atom. The maximum atomic E-state index is 11.9. The zero-order valence-corrected chi connectivity index (χ0v) is 13.0. The van der Waals surface area contributed by atoms with Gasteiger partial charge in [0.2, 0.25) is 0 Å². The molecule has 1 aliphatic carbocycles. The number of aromatic nitrogens is 2. The fourth-order valence-electron chi connectivity index (χ4n) is 1.88. The van der Waals surface area contributed by atoms with Crippen molar-refractivity contribution in [3.63, 3.8) is 0 Å². The van der Waals surface area contributed by atoms with Gasteiger partial charge in [-0.05, 0) is 39.7 Å². The number of esters is 1. The van der Waals surface area contributed by atoms with E-state index in [1.807, 2.05) is 26.8 Å². The number of carbonyl (C=O) groups excluding carboxylic acids is 1. The lowest BCUT2D eigenvalue weighted by atomic mass is 10.3. The first kappa shape index (κ1) is 15.3. The average Bonchev–Trinajstić information content (AvgIpc) is 3.17. The van der Waals surface area contributed by atoms with Crippen LogP contribution in [0.15, 0.2) is 11.2 Å². The molecule has 1 unspecified atom stereocenters. The van der Waals surface area contributed by atoms with Crippen molar-refractivity contribution < 1.29 is 9.53 Å². The van der Waals surface area contributed by atoms with Gasteiger partial charge in [0.15, 0.2) is 5.16 Å². The van der Waals surface area contributed by atoms with E-state index in [0.717, 1.165) is 29.4 Å². The Bertz CT molecular complexity index is 457. The SMILES string of the molecule is CCOC(=O)C(CSc1nc(C)cc(C)n1)NC1CC1. The van der Waals surface area contributed by atoms with Crippen LogP contribution in [0, 0.1) is 13.8 Å². The number of hydrogen-bond donors (Lipinski definition) is 1. The Morgan fingerprint density at radius 1 is 1.45 bits per heavy atom. The number of hydrogen-bond acceptors (Lipinski definition) is 6. The summed E-state index contributed by atoms with van der Waals surface area (Å²) in [6, 6.07) is 2.12. The van der Waals surface area contributed by atoms with Crippen LogP contribution in [0.4, 0.5) is 0 Å². The molecule has 20 heavy (non-hydrogen) atoms. The molecule has 0 radical (unpaired) electrons. The zero-order valence-electron chi connectivity index (χ0n) is 12.2. The van der Waals surface area contributed by atoms with Crippen LogP contribution in [0.3, 0.4) is 0 Å². The van der Waals surface area contributed by atoms with E-state index < -0.39 is 0 Å². The first-order valence-corrected chi connectivity index (χ1v) is 7.94. The Kier molecular flexibility index (Phi) is 5.37. The summed E-state index contributed by atoms with van der Waals surface area (Å²) in [7, 11) is 0. The normalized spacial score (nSPS) is 15.9. The first-order chi connectivity index (χ1) is 9.58. The molecule has 1 aromatic heterocycles. The second kappa shape index (κ2) is 7.04. The molecule has 1 heterocycles. The molecule has 1 fully saturated rings. The number of ether oxygens (including phenoxy) is 1. The van der Waals surface area contributed by atoms with Crippen molar-refractivity contribution in [2.24, 2.45) is 0 Å². The predicted molar refractivity (Wildman–Crippen MR) is 78.8 cm³/mol. The summed E-state index contributed by atoms with van der Waals surface area (Å²) in [6.45, 7) is 6.13. The van der Waals surface area contributed by atoms with Crippen molar-refractivity contribution in [1.82, 2.24) is 15.3 Å². The minimum absolute atomic E-state index is 0.184. The van der Waals surface area contributed by atoms with E-state index in [1.165, 1.54) is 11.8 Å². The number of thioether (sulfide) groups is 1. The summed E-state index contributed by atoms with van der Waals surface area (Å²) < 4.78 is 5.11. The zero-order chi connectivity index (χ0) is 14.5. The highest BCUT2D eigenvalue weighted by molar-refractivity contribution is 7.99. The van der Waals surface area contributed by atoms with Crippen LogP contribution in [-0.2, 0) is 9.53 Å². The predicted octanol–water partition coefficient (Wildman–Crippen LogP) is 1.87. The van der Waals surface area contributed by atoms with Crippen LogP contribution in [0.5, 0.6) is 0 Å². The van der Waals surface area contributed by atoms with Gasteiger partial charge >= 0.3 is 5.97 Å². The standard InChI is InChI=1S/C14H21N3O2S/c1-4-19-13(18)12(17-11-5-6-11)8-20-14-15-9(2)7-10(3)16-14/h7,11-12,17H,4-6,8H2,1-3H3. The largest absolute Gasteiger partial charge is 0.465 e. The van der Waals surface area contributed by atoms with Gasteiger partial charge in [-0.3, -0.25) is 4.79 Å². The highest BCUT2D eigenvalue weighted by Crippen LogP contribution is 2.22. The van der Waals surface area contributed by atoms with Crippen molar-refractivity contribution >= 4 is 17.7 Å². The molecule has 1 aromatic rings. The van der Waals surface area contributed by atoms with Gasteiger partial charge in [-0.15, -0.1) is 0 Å². The lowest BCUT2D eigenvalue weighted by molar-refractivity contribution is -0.145. The Labute approximate surface area is 123 Å².